The van der Waals surface area contributed by atoms with Crippen molar-refractivity contribution in [1.82, 2.24) is 9.03 Å². The third-order valence-electron chi connectivity index (χ3n) is 1.13. The Bertz CT molecular complexity index is 234. The molecule has 0 saturated carbocycles. The summed E-state index contributed by atoms with van der Waals surface area (Å²) in [5, 5.41) is 0. The molecule has 0 atom stereocenters. The van der Waals surface area contributed by atoms with E-state index in [1.807, 2.05) is 4.72 Å². The monoisotopic (exact) mass is 180 g/mol. The van der Waals surface area contributed by atoms with E-state index in [2.05, 4.69) is 0 Å². The van der Waals surface area contributed by atoms with Crippen LogP contribution in [0, 0.1) is 0 Å². The number of nitrogens with one attached hydrogen (secondary N) is 1. The largest absolute Gasteiger partial charge is 0.303 e. The van der Waals surface area contributed by atoms with Crippen molar-refractivity contribution in [2.45, 2.75) is 13.8 Å². The van der Waals surface area contributed by atoms with Crippen molar-refractivity contribution in [2.75, 3.05) is 13.6 Å². The van der Waals surface area contributed by atoms with Gasteiger partial charge in [0.1, 0.15) is 0 Å². The van der Waals surface area contributed by atoms with Gasteiger partial charge in [0.2, 0.25) is 5.91 Å². The fourth-order valence-corrected chi connectivity index (χ4v) is 1.29. The molecule has 0 aromatic rings. The van der Waals surface area contributed by atoms with Crippen LogP contribution >= 0.6 is 0 Å². The van der Waals surface area contributed by atoms with Crippen LogP contribution in [0.5, 0.6) is 0 Å². The molecule has 1 N–H and O–H groups in total. The summed E-state index contributed by atoms with van der Waals surface area (Å²) in [5.74, 6) is -0.578. The molecule has 0 unspecified atom stereocenters. The van der Waals surface area contributed by atoms with E-state index in [1.54, 1.807) is 6.92 Å². The Kier molecular flexibility index (Phi) is 3.47. The SMILES string of the molecule is CCN(C)S(=O)(=O)NC(C)=O. The van der Waals surface area contributed by atoms with E-state index >= 15 is 0 Å². The van der Waals surface area contributed by atoms with Crippen molar-refractivity contribution in [1.29, 1.82) is 0 Å². The lowest BCUT2D eigenvalue weighted by Crippen LogP contribution is -2.40. The third-order valence-corrected chi connectivity index (χ3v) is 2.75. The molecule has 66 valence electrons. The van der Waals surface area contributed by atoms with Crippen LogP contribution in [0.3, 0.4) is 0 Å². The Balaban J connectivity index is 4.35. The lowest BCUT2D eigenvalue weighted by Gasteiger charge is -2.13. The molecule has 0 heterocycles. The zero-order chi connectivity index (χ0) is 9.07. The van der Waals surface area contributed by atoms with Gasteiger partial charge in [0.15, 0.2) is 0 Å². The predicted molar refractivity (Wildman–Crippen MR) is 41.0 cm³/mol. The second-order valence-electron chi connectivity index (χ2n) is 2.08. The van der Waals surface area contributed by atoms with E-state index in [-0.39, 0.29) is 0 Å². The van der Waals surface area contributed by atoms with Crippen molar-refractivity contribution in [3.05, 3.63) is 0 Å². The van der Waals surface area contributed by atoms with Gasteiger partial charge in [-0.25, -0.2) is 4.72 Å². The number of amides is 1. The lowest BCUT2D eigenvalue weighted by molar-refractivity contribution is -0.117. The van der Waals surface area contributed by atoms with Crippen LogP contribution in [0.2, 0.25) is 0 Å². The first-order chi connectivity index (χ1) is 4.90. The van der Waals surface area contributed by atoms with E-state index in [1.165, 1.54) is 7.05 Å². The molecule has 0 bridgehead atoms. The van der Waals surface area contributed by atoms with Crippen LogP contribution in [0.1, 0.15) is 13.8 Å². The smallest absolute Gasteiger partial charge is 0.274 e. The van der Waals surface area contributed by atoms with Gasteiger partial charge >= 0.3 is 10.2 Å². The van der Waals surface area contributed by atoms with Crippen molar-refractivity contribution in [3.8, 4) is 0 Å². The lowest BCUT2D eigenvalue weighted by atomic mass is 10.8. The number of hydrogen-bond donors (Lipinski definition) is 1. The summed E-state index contributed by atoms with van der Waals surface area (Å²) in [6.07, 6.45) is 0. The molecule has 5 nitrogen and oxygen atoms in total. The van der Waals surface area contributed by atoms with Crippen molar-refractivity contribution >= 4 is 16.1 Å². The van der Waals surface area contributed by atoms with Gasteiger partial charge in [0, 0.05) is 20.5 Å². The average Bonchev–Trinajstić information content (AvgIpc) is 1.83. The number of carbonyl (C=O) groups is 1. The highest BCUT2D eigenvalue weighted by molar-refractivity contribution is 7.87. The summed E-state index contributed by atoms with van der Waals surface area (Å²) < 4.78 is 24.8. The molecule has 0 spiro atoms. The van der Waals surface area contributed by atoms with Gasteiger partial charge in [-0.2, -0.15) is 12.7 Å². The van der Waals surface area contributed by atoms with Crippen LogP contribution < -0.4 is 4.72 Å². The minimum Gasteiger partial charge on any atom is -0.274 e. The highest BCUT2D eigenvalue weighted by Crippen LogP contribution is 1.90. The van der Waals surface area contributed by atoms with Crippen LogP contribution in [-0.2, 0) is 15.0 Å². The quantitative estimate of drug-likeness (QED) is 0.625. The van der Waals surface area contributed by atoms with Gasteiger partial charge in [-0.1, -0.05) is 6.92 Å². The summed E-state index contributed by atoms with van der Waals surface area (Å²) in [7, 11) is -2.18. The maximum Gasteiger partial charge on any atom is 0.303 e. The molecule has 0 aliphatic rings. The molecule has 0 aliphatic carbocycles. The fraction of sp³-hybridized carbons (Fsp3) is 0.800. The molecule has 11 heavy (non-hydrogen) atoms. The number of hydrogen-bond acceptors (Lipinski definition) is 3. The van der Waals surface area contributed by atoms with E-state index in [0.717, 1.165) is 11.2 Å². The second kappa shape index (κ2) is 3.68. The first-order valence-corrected chi connectivity index (χ1v) is 4.58. The fourth-order valence-electron chi connectivity index (χ4n) is 0.430. The van der Waals surface area contributed by atoms with E-state index in [4.69, 9.17) is 0 Å². The topological polar surface area (TPSA) is 66.5 Å². The molecular weight excluding hydrogens is 168 g/mol. The summed E-state index contributed by atoms with van der Waals surface area (Å²) in [6.45, 7) is 3.17. The van der Waals surface area contributed by atoms with Gasteiger partial charge in [-0.3, -0.25) is 4.79 Å². The maximum atomic E-state index is 11.0. The number of rotatable bonds is 3. The Labute approximate surface area is 66.6 Å². The Morgan fingerprint density at radius 2 is 2.00 bits per heavy atom. The van der Waals surface area contributed by atoms with E-state index < -0.39 is 16.1 Å². The highest BCUT2D eigenvalue weighted by atomic mass is 32.2. The van der Waals surface area contributed by atoms with Crippen molar-refractivity contribution < 1.29 is 13.2 Å². The van der Waals surface area contributed by atoms with Crippen LogP contribution in [0.15, 0.2) is 0 Å². The Morgan fingerprint density at radius 1 is 1.55 bits per heavy atom. The van der Waals surface area contributed by atoms with Crippen LogP contribution in [0.4, 0.5) is 0 Å². The summed E-state index contributed by atoms with van der Waals surface area (Å²) >= 11 is 0. The molecule has 0 rings (SSSR count). The van der Waals surface area contributed by atoms with Gasteiger partial charge in [-0.05, 0) is 0 Å². The number of nitrogens with zero attached hydrogens (tertiary/aromatic N) is 1. The zero-order valence-corrected chi connectivity index (χ0v) is 7.60. The molecule has 0 radical (unpaired) electrons. The van der Waals surface area contributed by atoms with Crippen molar-refractivity contribution in [3.63, 3.8) is 0 Å². The maximum absolute atomic E-state index is 11.0. The first-order valence-electron chi connectivity index (χ1n) is 3.14. The standard InChI is InChI=1S/C5H12N2O3S/c1-4-7(3)11(9,10)6-5(2)8/h4H2,1-3H3,(H,6,8). The molecule has 0 aromatic carbocycles. The van der Waals surface area contributed by atoms with Gasteiger partial charge < -0.3 is 0 Å². The van der Waals surface area contributed by atoms with Gasteiger partial charge in [0.05, 0.1) is 0 Å². The molecule has 6 heteroatoms. The van der Waals surface area contributed by atoms with Gasteiger partial charge in [0.25, 0.3) is 0 Å². The predicted octanol–water partition coefficient (Wildman–Crippen LogP) is -0.681. The number of carbonyl (C=O) groups excluding carboxylic acids is 1. The first kappa shape index (κ1) is 10.4. The molecule has 0 aliphatic heterocycles. The van der Waals surface area contributed by atoms with E-state index in [0.29, 0.717) is 6.54 Å². The molecule has 0 fully saturated rings. The average molecular weight is 180 g/mol. The Morgan fingerprint density at radius 3 is 2.27 bits per heavy atom. The highest BCUT2D eigenvalue weighted by Gasteiger charge is 2.15. The van der Waals surface area contributed by atoms with E-state index in [9.17, 15) is 13.2 Å². The normalized spacial score (nSPS) is 11.6. The summed E-state index contributed by atoms with van der Waals surface area (Å²) in [5.41, 5.74) is 0. The molecular formula is C5H12N2O3S. The summed E-state index contributed by atoms with van der Waals surface area (Å²) in [6, 6.07) is 0. The van der Waals surface area contributed by atoms with Crippen LogP contribution in [0.25, 0.3) is 0 Å². The van der Waals surface area contributed by atoms with Crippen LogP contribution in [-0.4, -0.2) is 32.2 Å². The minimum absolute atomic E-state index is 0.336. The molecule has 0 aromatic heterocycles. The zero-order valence-electron chi connectivity index (χ0n) is 6.79. The molecule has 1 amide bonds. The molecule has 0 saturated heterocycles. The Hall–Kier alpha value is -0.620. The summed E-state index contributed by atoms with van der Waals surface area (Å²) in [4.78, 5) is 10.4. The van der Waals surface area contributed by atoms with Crippen molar-refractivity contribution in [2.24, 2.45) is 0 Å². The second-order valence-corrected chi connectivity index (χ2v) is 3.86. The van der Waals surface area contributed by atoms with Gasteiger partial charge in [-0.15, -0.1) is 0 Å². The third kappa shape index (κ3) is 3.33. The minimum atomic E-state index is -3.58.